The molecule has 0 radical (unpaired) electrons. The van der Waals surface area contributed by atoms with E-state index in [9.17, 15) is 10.2 Å². The molecular formula is C18H37NO2. The van der Waals surface area contributed by atoms with Gasteiger partial charge in [0.15, 0.2) is 0 Å². The molecule has 1 fully saturated rings. The Labute approximate surface area is 131 Å². The van der Waals surface area contributed by atoms with Crippen LogP contribution in [0.3, 0.4) is 0 Å². The van der Waals surface area contributed by atoms with Crippen molar-refractivity contribution in [2.75, 3.05) is 0 Å². The minimum absolute atomic E-state index is 0.123. The Morgan fingerprint density at radius 2 is 1.52 bits per heavy atom. The smallest absolute Gasteiger partial charge is 0.0691 e. The van der Waals surface area contributed by atoms with Crippen LogP contribution in [0, 0.1) is 0 Å². The summed E-state index contributed by atoms with van der Waals surface area (Å²) < 4.78 is 0. The van der Waals surface area contributed by atoms with E-state index in [1.54, 1.807) is 0 Å². The standard InChI is InChI=1S/C18H37NO2/c1-15(20)11-9-7-5-3-4-6-8-10-12-17-13-14-18(21)16(2)19-17/h15-21H,3-14H2,1-2H3/t15-,16+,17+,18+/m0/s1. The van der Waals surface area contributed by atoms with E-state index >= 15 is 0 Å². The summed E-state index contributed by atoms with van der Waals surface area (Å²) in [5.74, 6) is 0. The normalized spacial score (nSPS) is 27.7. The zero-order chi connectivity index (χ0) is 15.5. The third kappa shape index (κ3) is 9.49. The van der Waals surface area contributed by atoms with Crippen molar-refractivity contribution in [1.82, 2.24) is 5.32 Å². The lowest BCUT2D eigenvalue weighted by Crippen LogP contribution is -2.48. The van der Waals surface area contributed by atoms with Crippen molar-refractivity contribution in [3.8, 4) is 0 Å². The fourth-order valence-corrected chi connectivity index (χ4v) is 3.31. The van der Waals surface area contributed by atoms with Crippen molar-refractivity contribution in [3.05, 3.63) is 0 Å². The summed E-state index contributed by atoms with van der Waals surface area (Å²) in [7, 11) is 0. The Kier molecular flexibility index (Phi) is 10.3. The first kappa shape index (κ1) is 18.9. The molecule has 0 bridgehead atoms. The predicted molar refractivity (Wildman–Crippen MR) is 89.5 cm³/mol. The van der Waals surface area contributed by atoms with Crippen LogP contribution in [0.1, 0.15) is 90.9 Å². The molecule has 0 aromatic rings. The molecule has 3 nitrogen and oxygen atoms in total. The molecule has 0 saturated carbocycles. The molecule has 3 heteroatoms. The minimum atomic E-state index is -0.143. The van der Waals surface area contributed by atoms with Crippen molar-refractivity contribution in [2.45, 2.75) is 115 Å². The Morgan fingerprint density at radius 1 is 0.952 bits per heavy atom. The van der Waals surface area contributed by atoms with Gasteiger partial charge >= 0.3 is 0 Å². The third-order valence-electron chi connectivity index (χ3n) is 4.81. The van der Waals surface area contributed by atoms with Crippen molar-refractivity contribution < 1.29 is 10.2 Å². The number of hydrogen-bond acceptors (Lipinski definition) is 3. The average Bonchev–Trinajstić information content (AvgIpc) is 2.44. The largest absolute Gasteiger partial charge is 0.393 e. The summed E-state index contributed by atoms with van der Waals surface area (Å²) in [5, 5.41) is 22.4. The molecule has 4 atom stereocenters. The van der Waals surface area contributed by atoms with Gasteiger partial charge in [-0.05, 0) is 39.5 Å². The minimum Gasteiger partial charge on any atom is -0.393 e. The summed E-state index contributed by atoms with van der Waals surface area (Å²) in [5.41, 5.74) is 0. The molecule has 1 aliphatic rings. The number of hydrogen-bond donors (Lipinski definition) is 3. The summed E-state index contributed by atoms with van der Waals surface area (Å²) in [6.07, 6.45) is 14.6. The van der Waals surface area contributed by atoms with Gasteiger partial charge in [-0.2, -0.15) is 0 Å². The van der Waals surface area contributed by atoms with Crippen LogP contribution >= 0.6 is 0 Å². The summed E-state index contributed by atoms with van der Waals surface area (Å²) >= 11 is 0. The first-order chi connectivity index (χ1) is 10.1. The molecule has 1 heterocycles. The molecule has 1 saturated heterocycles. The van der Waals surface area contributed by atoms with Crippen LogP contribution in [0.15, 0.2) is 0 Å². The number of aliphatic hydroxyl groups excluding tert-OH is 2. The van der Waals surface area contributed by atoms with Gasteiger partial charge in [0.1, 0.15) is 0 Å². The first-order valence-electron chi connectivity index (χ1n) is 9.21. The molecule has 0 aliphatic carbocycles. The summed E-state index contributed by atoms with van der Waals surface area (Å²) in [6, 6.07) is 0.897. The second kappa shape index (κ2) is 11.4. The van der Waals surface area contributed by atoms with E-state index in [2.05, 4.69) is 12.2 Å². The maximum atomic E-state index is 9.68. The highest BCUT2D eigenvalue weighted by atomic mass is 16.3. The van der Waals surface area contributed by atoms with Gasteiger partial charge in [0.2, 0.25) is 0 Å². The molecule has 0 aromatic heterocycles. The first-order valence-corrected chi connectivity index (χ1v) is 9.21. The SMILES string of the molecule is C[C@H](O)CCCCCCCCCC[C@@H]1CC[C@@H](O)[C@@H](C)N1. The van der Waals surface area contributed by atoms with Crippen LogP contribution in [0.25, 0.3) is 0 Å². The average molecular weight is 299 g/mol. The predicted octanol–water partition coefficient (Wildman–Crippen LogP) is 3.77. The van der Waals surface area contributed by atoms with E-state index in [1.807, 2.05) is 6.92 Å². The molecule has 1 rings (SSSR count). The highest BCUT2D eigenvalue weighted by Gasteiger charge is 2.24. The van der Waals surface area contributed by atoms with Crippen LogP contribution in [0.4, 0.5) is 0 Å². The molecule has 0 unspecified atom stereocenters. The van der Waals surface area contributed by atoms with Crippen molar-refractivity contribution >= 4 is 0 Å². The molecule has 0 aromatic carbocycles. The lowest BCUT2D eigenvalue weighted by Gasteiger charge is -2.32. The van der Waals surface area contributed by atoms with Gasteiger partial charge in [0.05, 0.1) is 12.2 Å². The summed E-state index contributed by atoms with van der Waals surface area (Å²) in [6.45, 7) is 3.97. The number of unbranched alkanes of at least 4 members (excludes halogenated alkanes) is 7. The second-order valence-electron chi connectivity index (χ2n) is 7.05. The summed E-state index contributed by atoms with van der Waals surface area (Å²) in [4.78, 5) is 0. The van der Waals surface area contributed by atoms with Gasteiger partial charge in [-0.25, -0.2) is 0 Å². The lowest BCUT2D eigenvalue weighted by molar-refractivity contribution is 0.0849. The van der Waals surface area contributed by atoms with E-state index in [4.69, 9.17) is 0 Å². The topological polar surface area (TPSA) is 52.5 Å². The molecule has 21 heavy (non-hydrogen) atoms. The molecule has 126 valence electrons. The lowest BCUT2D eigenvalue weighted by atomic mass is 9.93. The van der Waals surface area contributed by atoms with E-state index in [0.717, 1.165) is 19.3 Å². The van der Waals surface area contributed by atoms with E-state index in [1.165, 1.54) is 57.8 Å². The van der Waals surface area contributed by atoms with Crippen LogP contribution in [0.5, 0.6) is 0 Å². The second-order valence-corrected chi connectivity index (χ2v) is 7.05. The molecule has 0 spiro atoms. The molecule has 1 aliphatic heterocycles. The van der Waals surface area contributed by atoms with Crippen LogP contribution < -0.4 is 5.32 Å². The number of piperidine rings is 1. The number of rotatable bonds is 11. The Bertz CT molecular complexity index is 245. The van der Waals surface area contributed by atoms with Crippen molar-refractivity contribution in [3.63, 3.8) is 0 Å². The Hall–Kier alpha value is -0.120. The molecular weight excluding hydrogens is 262 g/mol. The van der Waals surface area contributed by atoms with Crippen molar-refractivity contribution in [1.29, 1.82) is 0 Å². The zero-order valence-electron chi connectivity index (χ0n) is 14.2. The maximum Gasteiger partial charge on any atom is 0.0691 e. The highest BCUT2D eigenvalue weighted by Crippen LogP contribution is 2.18. The number of aliphatic hydroxyl groups is 2. The van der Waals surface area contributed by atoms with Crippen molar-refractivity contribution in [2.24, 2.45) is 0 Å². The fourth-order valence-electron chi connectivity index (χ4n) is 3.31. The van der Waals surface area contributed by atoms with Crippen LogP contribution in [-0.2, 0) is 0 Å². The van der Waals surface area contributed by atoms with E-state index in [-0.39, 0.29) is 18.2 Å². The third-order valence-corrected chi connectivity index (χ3v) is 4.81. The fraction of sp³-hybridized carbons (Fsp3) is 1.00. The zero-order valence-corrected chi connectivity index (χ0v) is 14.2. The Balaban J connectivity index is 1.82. The monoisotopic (exact) mass is 299 g/mol. The van der Waals surface area contributed by atoms with Crippen LogP contribution in [-0.4, -0.2) is 34.5 Å². The van der Waals surface area contributed by atoms with Gasteiger partial charge in [0.25, 0.3) is 0 Å². The molecule has 3 N–H and O–H groups in total. The van der Waals surface area contributed by atoms with Gasteiger partial charge in [-0.15, -0.1) is 0 Å². The van der Waals surface area contributed by atoms with Gasteiger partial charge in [-0.3, -0.25) is 0 Å². The number of nitrogens with one attached hydrogen (secondary N) is 1. The molecule has 0 amide bonds. The highest BCUT2D eigenvalue weighted by molar-refractivity contribution is 4.83. The quantitative estimate of drug-likeness (QED) is 0.509. The van der Waals surface area contributed by atoms with Gasteiger partial charge < -0.3 is 15.5 Å². The van der Waals surface area contributed by atoms with Gasteiger partial charge in [0, 0.05) is 12.1 Å². The van der Waals surface area contributed by atoms with E-state index in [0.29, 0.717) is 6.04 Å². The Morgan fingerprint density at radius 3 is 2.10 bits per heavy atom. The van der Waals surface area contributed by atoms with E-state index < -0.39 is 0 Å². The van der Waals surface area contributed by atoms with Gasteiger partial charge in [-0.1, -0.05) is 51.4 Å². The van der Waals surface area contributed by atoms with Crippen LogP contribution in [0.2, 0.25) is 0 Å². The maximum absolute atomic E-state index is 9.68.